The maximum absolute atomic E-state index is 13.3. The van der Waals surface area contributed by atoms with E-state index in [1.165, 1.54) is 12.1 Å². The average molecular weight is 345 g/mol. The molecule has 20 heavy (non-hydrogen) atoms. The summed E-state index contributed by atoms with van der Waals surface area (Å²) in [6.45, 7) is 0. The second kappa shape index (κ2) is 5.39. The van der Waals surface area contributed by atoms with Crippen molar-refractivity contribution in [1.29, 1.82) is 0 Å². The van der Waals surface area contributed by atoms with E-state index in [4.69, 9.17) is 34.8 Å². The van der Waals surface area contributed by atoms with Gasteiger partial charge in [0.25, 0.3) is 0 Å². The summed E-state index contributed by atoms with van der Waals surface area (Å²) < 4.78 is 51.1. The molecule has 0 aliphatic rings. The highest BCUT2D eigenvalue weighted by molar-refractivity contribution is 6.44. The SMILES string of the molecule is Fc1cc(-c2cc(Cl)c(Cl)cc2Cl)nc(C(F)(F)F)c1. The van der Waals surface area contributed by atoms with Crippen molar-refractivity contribution in [3.63, 3.8) is 0 Å². The molecule has 0 saturated heterocycles. The molecular formula is C12H4Cl3F4N. The zero-order valence-corrected chi connectivity index (χ0v) is 11.7. The lowest BCUT2D eigenvalue weighted by Crippen LogP contribution is -2.09. The standard InChI is InChI=1S/C12H4Cl3F4N/c13-7-4-9(15)8(14)3-6(7)10-1-5(16)2-11(20-10)12(17,18)19/h1-4H. The minimum absolute atomic E-state index is 0.0191. The number of hydrogen-bond donors (Lipinski definition) is 0. The van der Waals surface area contributed by atoms with Crippen LogP contribution in [0.4, 0.5) is 17.6 Å². The van der Waals surface area contributed by atoms with Gasteiger partial charge in [-0.25, -0.2) is 9.37 Å². The van der Waals surface area contributed by atoms with Crippen LogP contribution in [0.3, 0.4) is 0 Å². The number of alkyl halides is 3. The van der Waals surface area contributed by atoms with Crippen LogP contribution in [0.1, 0.15) is 5.69 Å². The van der Waals surface area contributed by atoms with Crippen LogP contribution in [0.15, 0.2) is 24.3 Å². The summed E-state index contributed by atoms with van der Waals surface area (Å²) in [6, 6.07) is 3.62. The van der Waals surface area contributed by atoms with Crippen molar-refractivity contribution in [2.24, 2.45) is 0 Å². The monoisotopic (exact) mass is 343 g/mol. The van der Waals surface area contributed by atoms with Crippen LogP contribution in [-0.4, -0.2) is 4.98 Å². The normalized spacial score (nSPS) is 11.8. The molecule has 0 fully saturated rings. The van der Waals surface area contributed by atoms with E-state index in [1.807, 2.05) is 0 Å². The summed E-state index contributed by atoms with van der Waals surface area (Å²) in [6.07, 6.45) is -4.76. The highest BCUT2D eigenvalue weighted by Crippen LogP contribution is 2.36. The van der Waals surface area contributed by atoms with E-state index < -0.39 is 17.7 Å². The summed E-state index contributed by atoms with van der Waals surface area (Å²) in [5.41, 5.74) is -1.57. The van der Waals surface area contributed by atoms with E-state index in [9.17, 15) is 17.6 Å². The molecule has 0 saturated carbocycles. The highest BCUT2D eigenvalue weighted by Gasteiger charge is 2.33. The van der Waals surface area contributed by atoms with Crippen molar-refractivity contribution < 1.29 is 17.6 Å². The first-order valence-corrected chi connectivity index (χ1v) is 6.21. The third kappa shape index (κ3) is 3.16. The molecule has 0 radical (unpaired) electrons. The molecule has 1 heterocycles. The number of aromatic nitrogens is 1. The van der Waals surface area contributed by atoms with E-state index >= 15 is 0 Å². The number of rotatable bonds is 1. The fraction of sp³-hybridized carbons (Fsp3) is 0.0833. The molecule has 106 valence electrons. The zero-order chi connectivity index (χ0) is 15.1. The summed E-state index contributed by atoms with van der Waals surface area (Å²) in [5, 5.41) is 0.226. The van der Waals surface area contributed by atoms with Crippen molar-refractivity contribution in [3.8, 4) is 11.3 Å². The Kier molecular flexibility index (Phi) is 4.14. The summed E-state index contributed by atoms with van der Waals surface area (Å²) in [5.74, 6) is -1.08. The lowest BCUT2D eigenvalue weighted by atomic mass is 10.1. The lowest BCUT2D eigenvalue weighted by molar-refractivity contribution is -0.141. The molecule has 2 rings (SSSR count). The molecule has 0 spiro atoms. The Morgan fingerprint density at radius 2 is 1.45 bits per heavy atom. The van der Waals surface area contributed by atoms with Crippen LogP contribution in [0.5, 0.6) is 0 Å². The van der Waals surface area contributed by atoms with Gasteiger partial charge in [0, 0.05) is 17.7 Å². The molecular weight excluding hydrogens is 340 g/mol. The van der Waals surface area contributed by atoms with Crippen LogP contribution >= 0.6 is 34.8 Å². The van der Waals surface area contributed by atoms with Crippen LogP contribution < -0.4 is 0 Å². The molecule has 0 atom stereocenters. The van der Waals surface area contributed by atoms with Gasteiger partial charge in [0.05, 0.1) is 20.8 Å². The van der Waals surface area contributed by atoms with E-state index in [0.717, 1.165) is 6.07 Å². The summed E-state index contributed by atoms with van der Waals surface area (Å²) in [7, 11) is 0. The Bertz CT molecular complexity index is 670. The molecule has 0 aliphatic heterocycles. The molecule has 0 amide bonds. The minimum Gasteiger partial charge on any atom is -0.243 e. The van der Waals surface area contributed by atoms with E-state index in [2.05, 4.69) is 4.98 Å². The van der Waals surface area contributed by atoms with Crippen LogP contribution in [-0.2, 0) is 6.18 Å². The van der Waals surface area contributed by atoms with Gasteiger partial charge in [-0.05, 0) is 12.1 Å². The molecule has 0 unspecified atom stereocenters. The van der Waals surface area contributed by atoms with Crippen molar-refractivity contribution in [2.75, 3.05) is 0 Å². The van der Waals surface area contributed by atoms with E-state index in [-0.39, 0.29) is 26.3 Å². The van der Waals surface area contributed by atoms with Gasteiger partial charge in [-0.15, -0.1) is 0 Å². The Balaban J connectivity index is 2.64. The van der Waals surface area contributed by atoms with Crippen LogP contribution in [0.2, 0.25) is 15.1 Å². The fourth-order valence-corrected chi connectivity index (χ4v) is 2.14. The molecule has 1 nitrogen and oxygen atoms in total. The van der Waals surface area contributed by atoms with Crippen molar-refractivity contribution in [2.45, 2.75) is 6.18 Å². The molecule has 1 aromatic heterocycles. The van der Waals surface area contributed by atoms with Gasteiger partial charge >= 0.3 is 6.18 Å². The maximum atomic E-state index is 13.3. The average Bonchev–Trinajstić information content (AvgIpc) is 2.32. The summed E-state index contributed by atoms with van der Waals surface area (Å²) in [4.78, 5) is 3.36. The van der Waals surface area contributed by atoms with Crippen LogP contribution in [0, 0.1) is 5.82 Å². The third-order valence-corrected chi connectivity index (χ3v) is 3.40. The molecule has 1 aromatic carbocycles. The fourth-order valence-electron chi connectivity index (χ4n) is 1.50. The molecule has 2 aromatic rings. The number of nitrogens with zero attached hydrogens (tertiary/aromatic N) is 1. The van der Waals surface area contributed by atoms with Crippen LogP contribution in [0.25, 0.3) is 11.3 Å². The zero-order valence-electron chi connectivity index (χ0n) is 9.40. The molecule has 0 bridgehead atoms. The van der Waals surface area contributed by atoms with Gasteiger partial charge in [-0.2, -0.15) is 13.2 Å². The highest BCUT2D eigenvalue weighted by atomic mass is 35.5. The predicted octanol–water partition coefficient (Wildman–Crippen LogP) is 5.87. The Morgan fingerprint density at radius 3 is 2.05 bits per heavy atom. The second-order valence-corrected chi connectivity index (χ2v) is 5.02. The van der Waals surface area contributed by atoms with Gasteiger partial charge in [-0.3, -0.25) is 0 Å². The van der Waals surface area contributed by atoms with E-state index in [0.29, 0.717) is 6.07 Å². The smallest absolute Gasteiger partial charge is 0.243 e. The van der Waals surface area contributed by atoms with Gasteiger partial charge < -0.3 is 0 Å². The van der Waals surface area contributed by atoms with E-state index in [1.54, 1.807) is 0 Å². The largest absolute Gasteiger partial charge is 0.433 e. The maximum Gasteiger partial charge on any atom is 0.433 e. The molecule has 0 aliphatic carbocycles. The van der Waals surface area contributed by atoms with Crippen molar-refractivity contribution in [3.05, 3.63) is 50.8 Å². The van der Waals surface area contributed by atoms with Crippen molar-refractivity contribution >= 4 is 34.8 Å². The number of halogens is 7. The quantitative estimate of drug-likeness (QED) is 0.466. The number of hydrogen-bond acceptors (Lipinski definition) is 1. The Hall–Kier alpha value is -1.04. The first-order chi connectivity index (χ1) is 9.18. The number of benzene rings is 1. The summed E-state index contributed by atoms with van der Waals surface area (Å²) >= 11 is 17.4. The first-order valence-electron chi connectivity index (χ1n) is 5.08. The second-order valence-electron chi connectivity index (χ2n) is 3.80. The van der Waals surface area contributed by atoms with Gasteiger partial charge in [-0.1, -0.05) is 34.8 Å². The molecule has 8 heteroatoms. The first kappa shape index (κ1) is 15.4. The minimum atomic E-state index is -4.76. The van der Waals surface area contributed by atoms with Crippen molar-refractivity contribution in [1.82, 2.24) is 4.98 Å². The Labute approximate surface area is 126 Å². The predicted molar refractivity (Wildman–Crippen MR) is 69.7 cm³/mol. The Morgan fingerprint density at radius 1 is 0.850 bits per heavy atom. The lowest BCUT2D eigenvalue weighted by Gasteiger charge is -2.10. The van der Waals surface area contributed by atoms with Gasteiger partial charge in [0.1, 0.15) is 11.5 Å². The molecule has 0 N–H and O–H groups in total. The number of pyridine rings is 1. The third-order valence-electron chi connectivity index (χ3n) is 2.37. The van der Waals surface area contributed by atoms with Gasteiger partial charge in [0.15, 0.2) is 0 Å². The topological polar surface area (TPSA) is 12.9 Å². The van der Waals surface area contributed by atoms with Gasteiger partial charge in [0.2, 0.25) is 0 Å².